The first-order valence-corrected chi connectivity index (χ1v) is 8.00. The lowest BCUT2D eigenvalue weighted by Gasteiger charge is -2.17. The Morgan fingerprint density at radius 1 is 1.17 bits per heavy atom. The van der Waals surface area contributed by atoms with Crippen LogP contribution < -0.4 is 11.1 Å². The normalized spacial score (nSPS) is 15.1. The first kappa shape index (κ1) is 15.6. The quantitative estimate of drug-likeness (QED) is 0.786. The molecule has 1 atom stereocenters. The van der Waals surface area contributed by atoms with E-state index in [1.165, 1.54) is 12.8 Å². The first-order chi connectivity index (χ1) is 11.2. The van der Waals surface area contributed by atoms with Crippen molar-refractivity contribution in [2.24, 2.45) is 11.7 Å². The van der Waals surface area contributed by atoms with Crippen molar-refractivity contribution in [2.45, 2.75) is 25.5 Å². The van der Waals surface area contributed by atoms with Crippen molar-refractivity contribution < 1.29 is 9.53 Å². The maximum Gasteiger partial charge on any atom is 0.244 e. The van der Waals surface area contributed by atoms with E-state index in [0.717, 1.165) is 29.3 Å². The van der Waals surface area contributed by atoms with E-state index in [-0.39, 0.29) is 0 Å². The summed E-state index contributed by atoms with van der Waals surface area (Å²) in [7, 11) is 0. The van der Waals surface area contributed by atoms with Gasteiger partial charge in [-0.25, -0.2) is 0 Å². The van der Waals surface area contributed by atoms with Gasteiger partial charge in [-0.05, 0) is 42.0 Å². The first-order valence-electron chi connectivity index (χ1n) is 8.00. The molecule has 3 rings (SSSR count). The third-order valence-corrected chi connectivity index (χ3v) is 3.97. The summed E-state index contributed by atoms with van der Waals surface area (Å²) < 4.78 is 5.72. The number of rotatable bonds is 8. The molecule has 1 amide bonds. The second-order valence-electron chi connectivity index (χ2n) is 6.05. The molecule has 0 spiro atoms. The van der Waals surface area contributed by atoms with Crippen LogP contribution in [0.15, 0.2) is 54.6 Å². The largest absolute Gasteiger partial charge is 0.376 e. The highest BCUT2D eigenvalue weighted by molar-refractivity contribution is 5.84. The fourth-order valence-electron chi connectivity index (χ4n) is 2.51. The molecule has 1 aliphatic rings. The molecule has 120 valence electrons. The average molecular weight is 310 g/mol. The van der Waals surface area contributed by atoms with Crippen molar-refractivity contribution >= 4 is 11.6 Å². The topological polar surface area (TPSA) is 64.4 Å². The van der Waals surface area contributed by atoms with Gasteiger partial charge >= 0.3 is 0 Å². The predicted molar refractivity (Wildman–Crippen MR) is 90.8 cm³/mol. The summed E-state index contributed by atoms with van der Waals surface area (Å²) in [5, 5.41) is 3.22. The molecule has 0 unspecified atom stereocenters. The van der Waals surface area contributed by atoms with Crippen LogP contribution in [0.25, 0.3) is 0 Å². The Morgan fingerprint density at radius 2 is 1.96 bits per heavy atom. The summed E-state index contributed by atoms with van der Waals surface area (Å²) in [6.45, 7) is 1.43. The van der Waals surface area contributed by atoms with Gasteiger partial charge in [0.15, 0.2) is 0 Å². The molecule has 0 bridgehead atoms. The summed E-state index contributed by atoms with van der Waals surface area (Å²) >= 11 is 0. The standard InChI is InChI=1S/C19H22N2O2/c20-19(22)18(16-6-2-1-3-7-16)21-17-8-4-5-15(11-17)13-23-12-14-9-10-14/h1-8,11,14,18,21H,9-10,12-13H2,(H2,20,22)/t18-/m1/s1. The number of hydrogen-bond donors (Lipinski definition) is 2. The number of anilines is 1. The molecular weight excluding hydrogens is 288 g/mol. The highest BCUT2D eigenvalue weighted by atomic mass is 16.5. The molecular formula is C19H22N2O2. The van der Waals surface area contributed by atoms with E-state index in [1.54, 1.807) is 0 Å². The molecule has 23 heavy (non-hydrogen) atoms. The molecule has 0 heterocycles. The minimum atomic E-state index is -0.543. The Hall–Kier alpha value is -2.33. The van der Waals surface area contributed by atoms with Gasteiger partial charge in [0.05, 0.1) is 6.61 Å². The maximum absolute atomic E-state index is 11.8. The Balaban J connectivity index is 1.66. The van der Waals surface area contributed by atoms with Crippen molar-refractivity contribution in [1.29, 1.82) is 0 Å². The van der Waals surface area contributed by atoms with Crippen LogP contribution in [-0.2, 0) is 16.1 Å². The number of hydrogen-bond acceptors (Lipinski definition) is 3. The number of ether oxygens (including phenoxy) is 1. The fraction of sp³-hybridized carbons (Fsp3) is 0.316. The Morgan fingerprint density at radius 3 is 2.65 bits per heavy atom. The number of nitrogens with two attached hydrogens (primary N) is 1. The van der Waals surface area contributed by atoms with Crippen molar-refractivity contribution in [1.82, 2.24) is 0 Å². The van der Waals surface area contributed by atoms with Crippen molar-refractivity contribution in [3.63, 3.8) is 0 Å². The van der Waals surface area contributed by atoms with Gasteiger partial charge in [-0.3, -0.25) is 4.79 Å². The summed E-state index contributed by atoms with van der Waals surface area (Å²) in [6, 6.07) is 16.9. The molecule has 3 N–H and O–H groups in total. The summed E-state index contributed by atoms with van der Waals surface area (Å²) in [6.07, 6.45) is 2.58. The summed E-state index contributed by atoms with van der Waals surface area (Å²) in [4.78, 5) is 11.8. The fourth-order valence-corrected chi connectivity index (χ4v) is 2.51. The van der Waals surface area contributed by atoms with E-state index >= 15 is 0 Å². The Kier molecular flexibility index (Phi) is 4.93. The van der Waals surface area contributed by atoms with E-state index in [9.17, 15) is 4.79 Å². The molecule has 2 aromatic carbocycles. The zero-order valence-electron chi connectivity index (χ0n) is 13.1. The van der Waals surface area contributed by atoms with Gasteiger partial charge in [0.1, 0.15) is 6.04 Å². The van der Waals surface area contributed by atoms with E-state index in [2.05, 4.69) is 5.32 Å². The number of carbonyl (C=O) groups is 1. The van der Waals surface area contributed by atoms with Crippen LogP contribution in [0.1, 0.15) is 30.0 Å². The van der Waals surface area contributed by atoms with Crippen LogP contribution in [0.5, 0.6) is 0 Å². The van der Waals surface area contributed by atoms with Gasteiger partial charge in [-0.1, -0.05) is 42.5 Å². The molecule has 0 saturated heterocycles. The van der Waals surface area contributed by atoms with E-state index in [4.69, 9.17) is 10.5 Å². The number of benzene rings is 2. The molecule has 0 aromatic heterocycles. The van der Waals surface area contributed by atoms with E-state index in [0.29, 0.717) is 6.61 Å². The van der Waals surface area contributed by atoms with Gasteiger partial charge in [-0.2, -0.15) is 0 Å². The SMILES string of the molecule is NC(=O)[C@H](Nc1cccc(COCC2CC2)c1)c1ccccc1. The Labute approximate surface area is 136 Å². The molecule has 4 nitrogen and oxygen atoms in total. The zero-order chi connectivity index (χ0) is 16.1. The number of primary amides is 1. The smallest absolute Gasteiger partial charge is 0.244 e. The lowest BCUT2D eigenvalue weighted by atomic mass is 10.1. The van der Waals surface area contributed by atoms with Crippen molar-refractivity contribution in [3.8, 4) is 0 Å². The van der Waals surface area contributed by atoms with Gasteiger partial charge in [0.2, 0.25) is 5.91 Å². The van der Waals surface area contributed by atoms with Crippen LogP contribution in [0.2, 0.25) is 0 Å². The highest BCUT2D eigenvalue weighted by Crippen LogP contribution is 2.29. The van der Waals surface area contributed by atoms with Crippen LogP contribution in [-0.4, -0.2) is 12.5 Å². The lowest BCUT2D eigenvalue weighted by Crippen LogP contribution is -2.27. The molecule has 4 heteroatoms. The molecule has 1 aliphatic carbocycles. The molecule has 0 aliphatic heterocycles. The molecule has 1 saturated carbocycles. The zero-order valence-corrected chi connectivity index (χ0v) is 13.1. The Bertz CT molecular complexity index is 653. The third-order valence-electron chi connectivity index (χ3n) is 3.97. The third kappa shape index (κ3) is 4.57. The van der Waals surface area contributed by atoms with Gasteiger partial charge < -0.3 is 15.8 Å². The highest BCUT2D eigenvalue weighted by Gasteiger charge is 2.21. The van der Waals surface area contributed by atoms with Crippen LogP contribution in [0.3, 0.4) is 0 Å². The van der Waals surface area contributed by atoms with Crippen molar-refractivity contribution in [3.05, 3.63) is 65.7 Å². The number of amides is 1. The van der Waals surface area contributed by atoms with Crippen LogP contribution in [0, 0.1) is 5.92 Å². The number of carbonyl (C=O) groups excluding carboxylic acids is 1. The molecule has 2 aromatic rings. The minimum Gasteiger partial charge on any atom is -0.376 e. The minimum absolute atomic E-state index is 0.397. The summed E-state index contributed by atoms with van der Waals surface area (Å²) in [5.41, 5.74) is 8.36. The van der Waals surface area contributed by atoms with E-state index in [1.807, 2.05) is 54.6 Å². The van der Waals surface area contributed by atoms with Crippen LogP contribution >= 0.6 is 0 Å². The monoisotopic (exact) mass is 310 g/mol. The molecule has 0 radical (unpaired) electrons. The molecule has 1 fully saturated rings. The predicted octanol–water partition coefficient (Wildman–Crippen LogP) is 3.25. The maximum atomic E-state index is 11.8. The lowest BCUT2D eigenvalue weighted by molar-refractivity contribution is -0.118. The second-order valence-corrected chi connectivity index (χ2v) is 6.05. The van der Waals surface area contributed by atoms with Gasteiger partial charge in [0, 0.05) is 12.3 Å². The average Bonchev–Trinajstić information content (AvgIpc) is 3.38. The van der Waals surface area contributed by atoms with Gasteiger partial charge in [-0.15, -0.1) is 0 Å². The second kappa shape index (κ2) is 7.29. The number of nitrogens with one attached hydrogen (secondary N) is 1. The van der Waals surface area contributed by atoms with Gasteiger partial charge in [0.25, 0.3) is 0 Å². The van der Waals surface area contributed by atoms with Crippen molar-refractivity contribution in [2.75, 3.05) is 11.9 Å². The van der Waals surface area contributed by atoms with Crippen LogP contribution in [0.4, 0.5) is 5.69 Å². The van der Waals surface area contributed by atoms with E-state index < -0.39 is 11.9 Å². The summed E-state index contributed by atoms with van der Waals surface area (Å²) in [5.74, 6) is 0.361.